The summed E-state index contributed by atoms with van der Waals surface area (Å²) in [7, 11) is 2.15. The smallest absolute Gasteiger partial charge is 0.217 e. The molecule has 0 aromatic carbocycles. The van der Waals surface area contributed by atoms with Crippen molar-refractivity contribution in [1.29, 1.82) is 5.26 Å². The second-order valence-corrected chi connectivity index (χ2v) is 13.4. The van der Waals surface area contributed by atoms with E-state index >= 15 is 0 Å². The number of pyridine rings is 1. The lowest BCUT2D eigenvalue weighted by atomic mass is 9.62. The summed E-state index contributed by atoms with van der Waals surface area (Å²) in [6.45, 7) is 3.17. The number of nitrogens with two attached hydrogens (primary N) is 1. The Balaban J connectivity index is 1.25. The summed E-state index contributed by atoms with van der Waals surface area (Å²) in [6.07, 6.45) is 11.1. The lowest BCUT2D eigenvalue weighted by Gasteiger charge is -2.39. The van der Waals surface area contributed by atoms with Crippen LogP contribution in [0.2, 0.25) is 0 Å². The number of hydrogen-bond acceptors (Lipinski definition) is 11. The van der Waals surface area contributed by atoms with Crippen molar-refractivity contribution in [1.82, 2.24) is 34.6 Å². The van der Waals surface area contributed by atoms with Gasteiger partial charge < -0.3 is 15.0 Å². The highest BCUT2D eigenvalue weighted by Crippen LogP contribution is 2.54. The molecule has 0 amide bonds. The van der Waals surface area contributed by atoms with E-state index in [1.165, 1.54) is 11.2 Å². The molecule has 1 fully saturated rings. The third-order valence-electron chi connectivity index (χ3n) is 9.79. The molecule has 0 bridgehead atoms. The number of nitriles is 1. The average Bonchev–Trinajstić information content (AvgIpc) is 3.82. The van der Waals surface area contributed by atoms with Gasteiger partial charge in [0.2, 0.25) is 17.5 Å². The van der Waals surface area contributed by atoms with Crippen LogP contribution < -0.4 is 10.5 Å². The molecule has 224 valence electrons. The minimum Gasteiger partial charge on any atom is -0.473 e. The molecule has 6 heterocycles. The van der Waals surface area contributed by atoms with Gasteiger partial charge in [-0.3, -0.25) is 4.90 Å². The van der Waals surface area contributed by atoms with Crippen molar-refractivity contribution in [2.24, 2.45) is 0 Å². The van der Waals surface area contributed by atoms with Gasteiger partial charge in [-0.05, 0) is 89.6 Å². The van der Waals surface area contributed by atoms with Crippen molar-refractivity contribution < 1.29 is 9.26 Å². The van der Waals surface area contributed by atoms with Crippen LogP contribution in [0.25, 0.3) is 28.5 Å². The molecule has 12 heteroatoms. The van der Waals surface area contributed by atoms with E-state index in [4.69, 9.17) is 30.1 Å². The maximum atomic E-state index is 10.1. The maximum absolute atomic E-state index is 10.1. The summed E-state index contributed by atoms with van der Waals surface area (Å²) in [4.78, 5) is 17.9. The van der Waals surface area contributed by atoms with Gasteiger partial charge in [-0.1, -0.05) is 5.16 Å². The van der Waals surface area contributed by atoms with Crippen LogP contribution in [0.5, 0.6) is 5.88 Å². The third-order valence-corrected chi connectivity index (χ3v) is 10.9. The van der Waals surface area contributed by atoms with E-state index in [0.29, 0.717) is 39.8 Å². The van der Waals surface area contributed by atoms with Crippen LogP contribution in [-0.2, 0) is 18.3 Å². The van der Waals surface area contributed by atoms with E-state index in [9.17, 15) is 5.26 Å². The summed E-state index contributed by atoms with van der Waals surface area (Å²) in [5.74, 6) is 1.50. The van der Waals surface area contributed by atoms with E-state index in [2.05, 4.69) is 35.0 Å². The Bertz CT molecular complexity index is 1930. The molecule has 2 aliphatic carbocycles. The standard InChI is InChI=1S/C32H33N9O2S/c1-18(23-7-5-12-40(23)2)42-26-15-22(19-9-13-41-25(14-19)35-17-36-41)37-31(38-26)28-20-6-3-10-32(29(20)39-43-28)11-4-8-24-27(32)21(16-33)30(34)44-24/h9,13-15,17-18,23H,3-8,10-12,34H2,1-2H3/t18-,23-,32-/m0/s1. The number of rotatable bonds is 5. The van der Waals surface area contributed by atoms with Crippen LogP contribution in [-0.4, -0.2) is 60.4 Å². The van der Waals surface area contributed by atoms with Gasteiger partial charge in [0.25, 0.3) is 0 Å². The normalized spacial score (nSPS) is 22.2. The summed E-state index contributed by atoms with van der Waals surface area (Å²) in [6, 6.07) is 8.53. The second-order valence-electron chi connectivity index (χ2n) is 12.3. The molecule has 3 atom stereocenters. The van der Waals surface area contributed by atoms with Crippen LogP contribution in [0, 0.1) is 11.3 Å². The lowest BCUT2D eigenvalue weighted by Crippen LogP contribution is -2.38. The van der Waals surface area contributed by atoms with Crippen LogP contribution in [0.4, 0.5) is 5.00 Å². The summed E-state index contributed by atoms with van der Waals surface area (Å²) < 4.78 is 14.4. The third kappa shape index (κ3) is 4.21. The SMILES string of the molecule is C[C@H](Oc1cc(-c2ccn3ncnc3c2)nc(-c2onc3c2CCC[C@@]32CCCc3sc(N)c(C#N)c32)n1)[C@@H]1CCCN1C. The molecule has 44 heavy (non-hydrogen) atoms. The van der Waals surface area contributed by atoms with Gasteiger partial charge >= 0.3 is 0 Å². The number of nitrogen functional groups attached to an aromatic ring is 1. The van der Waals surface area contributed by atoms with Gasteiger partial charge in [0, 0.05) is 39.7 Å². The first-order valence-electron chi connectivity index (χ1n) is 15.3. The first kappa shape index (κ1) is 27.2. The molecular weight excluding hydrogens is 574 g/mol. The summed E-state index contributed by atoms with van der Waals surface area (Å²) >= 11 is 1.55. The highest BCUT2D eigenvalue weighted by atomic mass is 32.1. The highest BCUT2D eigenvalue weighted by Gasteiger charge is 2.48. The van der Waals surface area contributed by atoms with Gasteiger partial charge in [0.15, 0.2) is 5.65 Å². The molecule has 0 radical (unpaired) electrons. The Labute approximate surface area is 258 Å². The monoisotopic (exact) mass is 607 g/mol. The topological polar surface area (TPSA) is 144 Å². The van der Waals surface area contributed by atoms with Gasteiger partial charge in [0.1, 0.15) is 23.5 Å². The molecule has 8 rings (SSSR count). The number of aromatic nitrogens is 6. The molecule has 5 aromatic rings. The van der Waals surface area contributed by atoms with Gasteiger partial charge in [-0.15, -0.1) is 11.3 Å². The van der Waals surface area contributed by atoms with Crippen molar-refractivity contribution in [2.75, 3.05) is 19.3 Å². The fourth-order valence-electron chi connectivity index (χ4n) is 7.74. The largest absolute Gasteiger partial charge is 0.473 e. The van der Waals surface area contributed by atoms with Crippen molar-refractivity contribution >= 4 is 22.0 Å². The van der Waals surface area contributed by atoms with E-state index < -0.39 is 0 Å². The van der Waals surface area contributed by atoms with Crippen LogP contribution in [0.1, 0.15) is 72.7 Å². The molecule has 1 spiro atoms. The quantitative estimate of drug-likeness (QED) is 0.284. The molecule has 0 unspecified atom stereocenters. The molecule has 2 N–H and O–H groups in total. The number of thiophene rings is 1. The number of nitrogens with zero attached hydrogens (tertiary/aromatic N) is 8. The van der Waals surface area contributed by atoms with Crippen molar-refractivity contribution in [3.05, 3.63) is 58.0 Å². The minimum absolute atomic E-state index is 0.0573. The number of ether oxygens (including phenoxy) is 1. The minimum atomic E-state index is -0.390. The Hall–Kier alpha value is -4.34. The maximum Gasteiger partial charge on any atom is 0.217 e. The zero-order chi connectivity index (χ0) is 30.0. The molecule has 1 saturated heterocycles. The number of anilines is 1. The molecule has 0 saturated carbocycles. The Kier molecular flexibility index (Phi) is 6.43. The highest BCUT2D eigenvalue weighted by molar-refractivity contribution is 7.16. The van der Waals surface area contributed by atoms with E-state index in [0.717, 1.165) is 85.9 Å². The van der Waals surface area contributed by atoms with Crippen LogP contribution in [0.15, 0.2) is 35.2 Å². The van der Waals surface area contributed by atoms with Crippen molar-refractivity contribution in [3.8, 4) is 34.8 Å². The van der Waals surface area contributed by atoms with E-state index in [-0.39, 0.29) is 11.5 Å². The van der Waals surface area contributed by atoms with E-state index in [1.54, 1.807) is 15.9 Å². The molecule has 11 nitrogen and oxygen atoms in total. The Morgan fingerprint density at radius 2 is 2.07 bits per heavy atom. The number of aryl methyl sites for hydroxylation is 1. The number of likely N-dealkylation sites (N-methyl/N-ethyl adjacent to an activating group) is 1. The first-order valence-corrected chi connectivity index (χ1v) is 16.1. The molecule has 1 aliphatic heterocycles. The van der Waals surface area contributed by atoms with Crippen molar-refractivity contribution in [3.63, 3.8) is 0 Å². The number of hydrogen-bond donors (Lipinski definition) is 1. The summed E-state index contributed by atoms with van der Waals surface area (Å²) in [5.41, 5.74) is 11.8. The van der Waals surface area contributed by atoms with Crippen LogP contribution >= 0.6 is 11.3 Å². The molecule has 5 aromatic heterocycles. The van der Waals surface area contributed by atoms with Crippen LogP contribution in [0.3, 0.4) is 0 Å². The predicted molar refractivity (Wildman–Crippen MR) is 165 cm³/mol. The Morgan fingerprint density at radius 3 is 2.89 bits per heavy atom. The van der Waals surface area contributed by atoms with Crippen molar-refractivity contribution in [2.45, 2.75) is 75.9 Å². The average molecular weight is 608 g/mol. The fraction of sp³-hybridized carbons (Fsp3) is 0.438. The molecular formula is C32H33N9O2S. The summed E-state index contributed by atoms with van der Waals surface area (Å²) in [5, 5.41) is 19.6. The predicted octanol–water partition coefficient (Wildman–Crippen LogP) is 5.18. The zero-order valence-corrected chi connectivity index (χ0v) is 25.6. The lowest BCUT2D eigenvalue weighted by molar-refractivity contribution is 0.117. The first-order chi connectivity index (χ1) is 21.4. The molecule has 3 aliphatic rings. The second kappa shape index (κ2) is 10.4. The Morgan fingerprint density at radius 1 is 1.20 bits per heavy atom. The number of likely N-dealkylation sites (tertiary alicyclic amines) is 1. The van der Waals surface area contributed by atoms with Gasteiger partial charge in [0.05, 0.1) is 17.0 Å². The fourth-order valence-corrected chi connectivity index (χ4v) is 8.90. The van der Waals surface area contributed by atoms with Gasteiger partial charge in [-0.2, -0.15) is 15.3 Å². The van der Waals surface area contributed by atoms with E-state index in [1.807, 2.05) is 24.4 Å². The zero-order valence-electron chi connectivity index (χ0n) is 24.8. The van der Waals surface area contributed by atoms with Gasteiger partial charge in [-0.25, -0.2) is 14.5 Å². The number of fused-ring (bicyclic) bond motifs is 5.